The van der Waals surface area contributed by atoms with E-state index >= 15 is 0 Å². The molecule has 4 heteroatoms. The molecule has 1 atom stereocenters. The van der Waals surface area contributed by atoms with Crippen molar-refractivity contribution in [1.82, 2.24) is 5.32 Å². The third-order valence-corrected chi connectivity index (χ3v) is 2.38. The molecule has 0 heterocycles. The molecule has 1 aromatic rings. The van der Waals surface area contributed by atoms with Gasteiger partial charge in [0, 0.05) is 6.04 Å². The van der Waals surface area contributed by atoms with Gasteiger partial charge in [-0.3, -0.25) is 0 Å². The lowest BCUT2D eigenvalue weighted by Crippen LogP contribution is -2.41. The van der Waals surface area contributed by atoms with Gasteiger partial charge in [-0.15, -0.1) is 0 Å². The first-order valence-electron chi connectivity index (χ1n) is 6.38. The Bertz CT molecular complexity index is 324. The van der Waals surface area contributed by atoms with Gasteiger partial charge >= 0.3 is 0 Å². The van der Waals surface area contributed by atoms with Gasteiger partial charge in [0.2, 0.25) is 0 Å². The molecule has 2 N–H and O–H groups in total. The van der Waals surface area contributed by atoms with E-state index in [0.29, 0.717) is 19.3 Å². The molecule has 0 aliphatic carbocycles. The Morgan fingerprint density at radius 2 is 1.67 bits per heavy atom. The molecule has 18 heavy (non-hydrogen) atoms. The summed E-state index contributed by atoms with van der Waals surface area (Å²) >= 11 is 0. The van der Waals surface area contributed by atoms with Crippen molar-refractivity contribution >= 4 is 0 Å². The van der Waals surface area contributed by atoms with E-state index in [2.05, 4.69) is 5.32 Å². The summed E-state index contributed by atoms with van der Waals surface area (Å²) in [4.78, 5) is 0. The molecule has 1 aromatic carbocycles. The predicted molar refractivity (Wildman–Crippen MR) is 72.3 cm³/mol. The van der Waals surface area contributed by atoms with Gasteiger partial charge < -0.3 is 19.9 Å². The molecule has 102 valence electrons. The van der Waals surface area contributed by atoms with Gasteiger partial charge in [-0.05, 0) is 31.2 Å². The van der Waals surface area contributed by atoms with Gasteiger partial charge in [-0.25, -0.2) is 0 Å². The second kappa shape index (κ2) is 7.95. The highest BCUT2D eigenvalue weighted by atomic mass is 16.5. The maximum absolute atomic E-state index is 9.20. The van der Waals surface area contributed by atoms with E-state index in [1.807, 2.05) is 45.0 Å². The summed E-state index contributed by atoms with van der Waals surface area (Å²) in [5, 5.41) is 12.4. The van der Waals surface area contributed by atoms with Crippen LogP contribution in [0.15, 0.2) is 24.3 Å². The number of aliphatic hydroxyl groups is 1. The Morgan fingerprint density at radius 1 is 1.11 bits per heavy atom. The van der Waals surface area contributed by atoms with Gasteiger partial charge in [0.25, 0.3) is 0 Å². The van der Waals surface area contributed by atoms with Crippen LogP contribution in [0.4, 0.5) is 0 Å². The summed E-state index contributed by atoms with van der Waals surface area (Å²) in [7, 11) is 0. The van der Waals surface area contributed by atoms with Crippen LogP contribution in [0.5, 0.6) is 11.5 Å². The topological polar surface area (TPSA) is 50.7 Å². The molecule has 0 fully saturated rings. The first-order valence-corrected chi connectivity index (χ1v) is 6.38. The van der Waals surface area contributed by atoms with Crippen LogP contribution in [0, 0.1) is 0 Å². The average Bonchev–Trinajstić information content (AvgIpc) is 2.36. The largest absolute Gasteiger partial charge is 0.494 e. The lowest BCUT2D eigenvalue weighted by molar-refractivity contribution is 0.177. The van der Waals surface area contributed by atoms with Gasteiger partial charge in [0.05, 0.1) is 19.3 Å². The fourth-order valence-electron chi connectivity index (χ4n) is 1.62. The molecular formula is C14H23NO3. The molecule has 4 nitrogen and oxygen atoms in total. The van der Waals surface area contributed by atoms with E-state index in [1.54, 1.807) is 0 Å². The number of rotatable bonds is 8. The molecule has 0 saturated carbocycles. The van der Waals surface area contributed by atoms with Gasteiger partial charge in [-0.2, -0.15) is 0 Å². The lowest BCUT2D eigenvalue weighted by Gasteiger charge is -2.19. The summed E-state index contributed by atoms with van der Waals surface area (Å²) in [5.41, 5.74) is 0. The number of benzene rings is 1. The first kappa shape index (κ1) is 14.8. The zero-order chi connectivity index (χ0) is 13.4. The minimum absolute atomic E-state index is 0.0448. The number of nitrogens with one attached hydrogen (secondary N) is 1. The van der Waals surface area contributed by atoms with E-state index < -0.39 is 0 Å². The number of ether oxygens (including phenoxy) is 2. The third kappa shape index (κ3) is 5.38. The molecule has 0 saturated heterocycles. The van der Waals surface area contributed by atoms with E-state index in [1.165, 1.54) is 0 Å². The van der Waals surface area contributed by atoms with Crippen LogP contribution in [0.3, 0.4) is 0 Å². The molecule has 0 aliphatic rings. The summed E-state index contributed by atoms with van der Waals surface area (Å²) in [6, 6.07) is 7.78. The van der Waals surface area contributed by atoms with Crippen molar-refractivity contribution in [1.29, 1.82) is 0 Å². The Hall–Kier alpha value is -1.26. The van der Waals surface area contributed by atoms with Crippen LogP contribution in [-0.2, 0) is 0 Å². The monoisotopic (exact) mass is 253 g/mol. The number of hydrogen-bond donors (Lipinski definition) is 2. The zero-order valence-corrected chi connectivity index (χ0v) is 11.3. The molecule has 0 aromatic heterocycles. The average molecular weight is 253 g/mol. The minimum atomic E-state index is -0.0448. The summed E-state index contributed by atoms with van der Waals surface area (Å²) < 4.78 is 11.0. The highest BCUT2D eigenvalue weighted by Gasteiger charge is 2.09. The van der Waals surface area contributed by atoms with Crippen molar-refractivity contribution < 1.29 is 14.6 Å². The molecule has 0 radical (unpaired) electrons. The molecule has 0 bridgehead atoms. The Morgan fingerprint density at radius 3 is 2.11 bits per heavy atom. The van der Waals surface area contributed by atoms with Crippen LogP contribution in [0.25, 0.3) is 0 Å². The fraction of sp³-hybridized carbons (Fsp3) is 0.571. The maximum Gasteiger partial charge on any atom is 0.119 e. The Balaban J connectivity index is 2.41. The SMILES string of the molecule is CCOc1ccc(OCC(CO)NC(C)C)cc1. The first-order chi connectivity index (χ1) is 8.65. The molecule has 0 aliphatic heterocycles. The van der Waals surface area contributed by atoms with Gasteiger partial charge in [0.1, 0.15) is 18.1 Å². The molecule has 1 unspecified atom stereocenters. The summed E-state index contributed by atoms with van der Waals surface area (Å²) in [6.45, 7) is 7.20. The van der Waals surface area contributed by atoms with E-state index in [9.17, 15) is 5.11 Å². The highest BCUT2D eigenvalue weighted by molar-refractivity contribution is 5.31. The molecule has 1 rings (SSSR count). The fourth-order valence-corrected chi connectivity index (χ4v) is 1.62. The van der Waals surface area contributed by atoms with Crippen molar-refractivity contribution in [2.24, 2.45) is 0 Å². The van der Waals surface area contributed by atoms with Gasteiger partial charge in [0.15, 0.2) is 0 Å². The van der Waals surface area contributed by atoms with E-state index in [0.717, 1.165) is 11.5 Å². The van der Waals surface area contributed by atoms with Crippen molar-refractivity contribution in [3.63, 3.8) is 0 Å². The zero-order valence-electron chi connectivity index (χ0n) is 11.3. The van der Waals surface area contributed by atoms with Crippen LogP contribution in [0.2, 0.25) is 0 Å². The highest BCUT2D eigenvalue weighted by Crippen LogP contribution is 2.17. The van der Waals surface area contributed by atoms with Crippen LogP contribution < -0.4 is 14.8 Å². The maximum atomic E-state index is 9.20. The van der Waals surface area contributed by atoms with Gasteiger partial charge in [-0.1, -0.05) is 13.8 Å². The molecule has 0 spiro atoms. The number of hydrogen-bond acceptors (Lipinski definition) is 4. The van der Waals surface area contributed by atoms with Crippen molar-refractivity contribution in [2.45, 2.75) is 32.9 Å². The summed E-state index contributed by atoms with van der Waals surface area (Å²) in [6.07, 6.45) is 0. The standard InChI is InChI=1S/C14H23NO3/c1-4-17-13-5-7-14(8-6-13)18-10-12(9-16)15-11(2)3/h5-8,11-12,15-16H,4,9-10H2,1-3H3. The van der Waals surface area contributed by atoms with Crippen molar-refractivity contribution in [3.8, 4) is 11.5 Å². The second-order valence-electron chi connectivity index (χ2n) is 4.42. The third-order valence-electron chi connectivity index (χ3n) is 2.38. The molecule has 0 amide bonds. The normalized spacial score (nSPS) is 12.5. The second-order valence-corrected chi connectivity index (χ2v) is 4.42. The van der Waals surface area contributed by atoms with E-state index in [4.69, 9.17) is 9.47 Å². The smallest absolute Gasteiger partial charge is 0.119 e. The Kier molecular flexibility index (Phi) is 6.54. The number of aliphatic hydroxyl groups excluding tert-OH is 1. The van der Waals surface area contributed by atoms with Crippen molar-refractivity contribution in [3.05, 3.63) is 24.3 Å². The summed E-state index contributed by atoms with van der Waals surface area (Å²) in [5.74, 6) is 1.62. The minimum Gasteiger partial charge on any atom is -0.494 e. The Labute approximate surface area is 109 Å². The molecular weight excluding hydrogens is 230 g/mol. The van der Waals surface area contributed by atoms with Crippen molar-refractivity contribution in [2.75, 3.05) is 19.8 Å². The van der Waals surface area contributed by atoms with Crippen LogP contribution in [-0.4, -0.2) is 37.0 Å². The van der Waals surface area contributed by atoms with E-state index in [-0.39, 0.29) is 12.6 Å². The quantitative estimate of drug-likeness (QED) is 0.742. The van der Waals surface area contributed by atoms with Crippen LogP contribution >= 0.6 is 0 Å². The lowest BCUT2D eigenvalue weighted by atomic mass is 10.2. The predicted octanol–water partition coefficient (Wildman–Crippen LogP) is 1.82. The van der Waals surface area contributed by atoms with Crippen LogP contribution in [0.1, 0.15) is 20.8 Å².